The van der Waals surface area contributed by atoms with Gasteiger partial charge in [-0.25, -0.2) is 14.6 Å². The lowest BCUT2D eigenvalue weighted by Gasteiger charge is -2.05. The van der Waals surface area contributed by atoms with Crippen molar-refractivity contribution >= 4 is 23.8 Å². The fourth-order valence-electron chi connectivity index (χ4n) is 2.39. The van der Waals surface area contributed by atoms with Crippen LogP contribution in [0.3, 0.4) is 0 Å². The van der Waals surface area contributed by atoms with Gasteiger partial charge in [-0.2, -0.15) is 26.3 Å². The zero-order valence-corrected chi connectivity index (χ0v) is 19.8. The van der Waals surface area contributed by atoms with Gasteiger partial charge in [0, 0.05) is 24.9 Å². The van der Waals surface area contributed by atoms with E-state index < -0.39 is 24.3 Å². The Balaban J connectivity index is 0.000000804. The van der Waals surface area contributed by atoms with Crippen molar-refractivity contribution in [2.45, 2.75) is 50.9 Å². The van der Waals surface area contributed by atoms with Gasteiger partial charge in [-0.3, -0.25) is 15.1 Å². The molecular formula is C22H27F6N5O5. The third-order valence-electron chi connectivity index (χ3n) is 4.16. The Labute approximate surface area is 213 Å². The van der Waals surface area contributed by atoms with Crippen LogP contribution in [0, 0.1) is 0 Å². The van der Waals surface area contributed by atoms with Gasteiger partial charge in [0.25, 0.3) is 0 Å². The number of aromatic amines is 1. The summed E-state index contributed by atoms with van der Waals surface area (Å²) in [4.78, 5) is 40.8. The molecule has 0 aliphatic heterocycles. The first-order chi connectivity index (χ1) is 17.6. The van der Waals surface area contributed by atoms with Gasteiger partial charge in [0.2, 0.25) is 5.91 Å². The topological polar surface area (TPSA) is 171 Å². The van der Waals surface area contributed by atoms with E-state index in [0.717, 1.165) is 37.8 Å². The largest absolute Gasteiger partial charge is 0.490 e. The molecule has 1 heterocycles. The molecule has 0 fully saturated rings. The zero-order valence-electron chi connectivity index (χ0n) is 19.8. The number of amides is 1. The molecule has 10 nitrogen and oxygen atoms in total. The number of aromatic nitrogens is 2. The minimum Gasteiger partial charge on any atom is -0.475 e. The van der Waals surface area contributed by atoms with Gasteiger partial charge in [0.1, 0.15) is 0 Å². The van der Waals surface area contributed by atoms with E-state index >= 15 is 0 Å². The Morgan fingerprint density at radius 1 is 0.921 bits per heavy atom. The number of carboxylic acids is 2. The quantitative estimate of drug-likeness (QED) is 0.137. The van der Waals surface area contributed by atoms with E-state index in [1.807, 2.05) is 18.2 Å². The molecule has 0 aliphatic rings. The lowest BCUT2D eigenvalue weighted by molar-refractivity contribution is -0.193. The summed E-state index contributed by atoms with van der Waals surface area (Å²) in [6.07, 6.45) is -1.70. The van der Waals surface area contributed by atoms with Crippen LogP contribution >= 0.6 is 0 Å². The first-order valence-corrected chi connectivity index (χ1v) is 10.8. The maximum Gasteiger partial charge on any atom is 0.490 e. The monoisotopic (exact) mass is 555 g/mol. The van der Waals surface area contributed by atoms with Crippen molar-refractivity contribution in [2.75, 3.05) is 6.54 Å². The molecule has 0 radical (unpaired) electrons. The number of alkyl halides is 6. The zero-order chi connectivity index (χ0) is 29.2. The molecule has 1 aromatic heterocycles. The van der Waals surface area contributed by atoms with E-state index in [4.69, 9.17) is 25.5 Å². The third-order valence-corrected chi connectivity index (χ3v) is 4.16. The predicted octanol–water partition coefficient (Wildman–Crippen LogP) is 3.45. The first-order valence-electron chi connectivity index (χ1n) is 10.8. The van der Waals surface area contributed by atoms with Crippen molar-refractivity contribution in [1.29, 1.82) is 0 Å². The average Bonchev–Trinajstić information content (AvgIpc) is 3.33. The lowest BCUT2D eigenvalue weighted by atomic mass is 10.1. The molecule has 16 heteroatoms. The van der Waals surface area contributed by atoms with Crippen molar-refractivity contribution < 1.29 is 50.9 Å². The molecule has 1 amide bonds. The summed E-state index contributed by atoms with van der Waals surface area (Å²) in [6.45, 7) is 0.582. The molecule has 0 saturated heterocycles. The van der Waals surface area contributed by atoms with E-state index in [1.54, 1.807) is 12.5 Å². The number of guanidine groups is 1. The van der Waals surface area contributed by atoms with E-state index in [-0.39, 0.29) is 11.9 Å². The molecule has 212 valence electrons. The highest BCUT2D eigenvalue weighted by molar-refractivity contribution is 5.96. The van der Waals surface area contributed by atoms with Crippen LogP contribution in [0.2, 0.25) is 0 Å². The normalized spacial score (nSPS) is 11.4. The highest BCUT2D eigenvalue weighted by Crippen LogP contribution is 2.13. The van der Waals surface area contributed by atoms with Gasteiger partial charge >= 0.3 is 24.3 Å². The van der Waals surface area contributed by atoms with Crippen LogP contribution in [0.25, 0.3) is 0 Å². The highest BCUT2D eigenvalue weighted by Gasteiger charge is 2.38. The number of H-pyrrole nitrogens is 1. The van der Waals surface area contributed by atoms with Crippen LogP contribution < -0.4 is 11.1 Å². The molecular weight excluding hydrogens is 528 g/mol. The summed E-state index contributed by atoms with van der Waals surface area (Å²) in [6, 6.07) is 10.3. The fraction of sp³-hybridized carbons (Fsp3) is 0.409. The fourth-order valence-corrected chi connectivity index (χ4v) is 2.39. The number of hydrogen-bond acceptors (Lipinski definition) is 5. The Morgan fingerprint density at radius 3 is 1.95 bits per heavy atom. The number of nitrogens with two attached hydrogens (primary N) is 1. The van der Waals surface area contributed by atoms with Crippen molar-refractivity contribution in [2.24, 2.45) is 10.7 Å². The van der Waals surface area contributed by atoms with Crippen molar-refractivity contribution in [3.05, 3.63) is 54.1 Å². The number of nitrogens with one attached hydrogen (secondary N) is 2. The highest BCUT2D eigenvalue weighted by atomic mass is 19.4. The summed E-state index contributed by atoms with van der Waals surface area (Å²) in [5, 5.41) is 16.9. The van der Waals surface area contributed by atoms with Gasteiger partial charge < -0.3 is 20.9 Å². The van der Waals surface area contributed by atoms with E-state index in [9.17, 15) is 31.1 Å². The first kappa shape index (κ1) is 33.9. The molecule has 38 heavy (non-hydrogen) atoms. The SMILES string of the molecule is NC(=NCCCc1cnc[nH]1)NC(=O)CCCCc1ccccc1.O=C(O)C(F)(F)F.O=C(O)C(F)(F)F. The van der Waals surface area contributed by atoms with Crippen molar-refractivity contribution in [3.8, 4) is 0 Å². The number of nitrogens with zero attached hydrogens (tertiary/aromatic N) is 2. The van der Waals surface area contributed by atoms with Crippen LogP contribution in [0.5, 0.6) is 0 Å². The third kappa shape index (κ3) is 18.2. The summed E-state index contributed by atoms with van der Waals surface area (Å²) in [7, 11) is 0. The maximum absolute atomic E-state index is 11.8. The molecule has 2 aromatic rings. The Bertz CT molecular complexity index is 972. The van der Waals surface area contributed by atoms with Gasteiger partial charge in [0.15, 0.2) is 5.96 Å². The minimum atomic E-state index is -5.08. The number of unbranched alkanes of at least 4 members (excludes halogenated alkanes) is 1. The Morgan fingerprint density at radius 2 is 1.47 bits per heavy atom. The number of aryl methyl sites for hydroxylation is 2. The second-order valence-corrected chi connectivity index (χ2v) is 7.29. The smallest absolute Gasteiger partial charge is 0.475 e. The van der Waals surface area contributed by atoms with Gasteiger partial charge in [0.05, 0.1) is 6.33 Å². The second kappa shape index (κ2) is 17.4. The van der Waals surface area contributed by atoms with Crippen LogP contribution in [-0.4, -0.2) is 62.9 Å². The van der Waals surface area contributed by atoms with Crippen molar-refractivity contribution in [1.82, 2.24) is 15.3 Å². The molecule has 0 bridgehead atoms. The molecule has 0 saturated carbocycles. The minimum absolute atomic E-state index is 0.0714. The predicted molar refractivity (Wildman–Crippen MR) is 123 cm³/mol. The number of halogens is 6. The van der Waals surface area contributed by atoms with Gasteiger partial charge in [-0.1, -0.05) is 30.3 Å². The lowest BCUT2D eigenvalue weighted by Crippen LogP contribution is -2.36. The van der Waals surface area contributed by atoms with Crippen LogP contribution in [0.4, 0.5) is 26.3 Å². The standard InChI is InChI=1S/C18H25N5O.2C2HF3O2/c19-18(21-12-6-10-16-13-20-14-22-16)23-17(24)11-5-4-9-15-7-2-1-3-8-15;2*3-2(4,5)1(6)7/h1-3,7-8,13-14H,4-6,9-12H2,(H,20,22)(H3,19,21,23,24);2*(H,6,7). The molecule has 6 N–H and O–H groups in total. The van der Waals surface area contributed by atoms with E-state index in [0.29, 0.717) is 13.0 Å². The summed E-state index contributed by atoms with van der Waals surface area (Å²) >= 11 is 0. The average molecular weight is 555 g/mol. The Kier molecular flexibility index (Phi) is 15.5. The number of aliphatic imine (C=N–C) groups is 1. The number of rotatable bonds is 9. The molecule has 2 rings (SSSR count). The number of aliphatic carboxylic acids is 2. The maximum atomic E-state index is 11.8. The molecule has 0 spiro atoms. The number of carbonyl (C=O) groups is 3. The number of carbonyl (C=O) groups excluding carboxylic acids is 1. The summed E-state index contributed by atoms with van der Waals surface area (Å²) in [5.74, 6) is -5.38. The Hall–Kier alpha value is -4.11. The number of imidazole rings is 1. The summed E-state index contributed by atoms with van der Waals surface area (Å²) < 4.78 is 63.5. The van der Waals surface area contributed by atoms with E-state index in [2.05, 4.69) is 32.4 Å². The number of carboxylic acid groups (broad SMARTS) is 2. The van der Waals surface area contributed by atoms with Crippen LogP contribution in [0.1, 0.15) is 36.9 Å². The molecule has 0 aliphatic carbocycles. The molecule has 0 atom stereocenters. The van der Waals surface area contributed by atoms with Crippen LogP contribution in [0.15, 0.2) is 47.8 Å². The second-order valence-electron chi connectivity index (χ2n) is 7.29. The van der Waals surface area contributed by atoms with Gasteiger partial charge in [-0.05, 0) is 37.7 Å². The van der Waals surface area contributed by atoms with Crippen molar-refractivity contribution in [3.63, 3.8) is 0 Å². The number of hydrogen-bond donors (Lipinski definition) is 5. The molecule has 0 unspecified atom stereocenters. The van der Waals surface area contributed by atoms with Gasteiger partial charge in [-0.15, -0.1) is 0 Å². The van der Waals surface area contributed by atoms with Crippen LogP contribution in [-0.2, 0) is 27.2 Å². The summed E-state index contributed by atoms with van der Waals surface area (Å²) in [5.41, 5.74) is 8.10. The molecule has 1 aromatic carbocycles. The van der Waals surface area contributed by atoms with E-state index in [1.165, 1.54) is 5.56 Å². The number of benzene rings is 1.